The third-order valence-corrected chi connectivity index (χ3v) is 0.434. The summed E-state index contributed by atoms with van der Waals surface area (Å²) < 4.78 is 0. The Balaban J connectivity index is 2.82. The SMILES string of the molecule is CC(=O)[N]CCO. The first-order valence-corrected chi connectivity index (χ1v) is 2.06. The van der Waals surface area contributed by atoms with Crippen molar-refractivity contribution in [1.82, 2.24) is 5.32 Å². The zero-order valence-electron chi connectivity index (χ0n) is 4.22. The molecule has 1 N–H and O–H groups in total. The highest BCUT2D eigenvalue weighted by atomic mass is 16.3. The first-order chi connectivity index (χ1) is 3.27. The van der Waals surface area contributed by atoms with Crippen LogP contribution in [0.3, 0.4) is 0 Å². The van der Waals surface area contributed by atoms with Crippen LogP contribution in [0.1, 0.15) is 6.92 Å². The molecule has 0 spiro atoms. The molecule has 0 heterocycles. The van der Waals surface area contributed by atoms with Crippen molar-refractivity contribution in [3.63, 3.8) is 0 Å². The lowest BCUT2D eigenvalue weighted by molar-refractivity contribution is -0.119. The molecule has 0 aliphatic rings. The Bertz CT molecular complexity index is 62.7. The fourth-order valence-corrected chi connectivity index (χ4v) is 0.207. The van der Waals surface area contributed by atoms with Crippen molar-refractivity contribution in [2.24, 2.45) is 0 Å². The van der Waals surface area contributed by atoms with Crippen molar-refractivity contribution in [2.45, 2.75) is 6.92 Å². The number of amides is 1. The van der Waals surface area contributed by atoms with Crippen molar-refractivity contribution in [3.05, 3.63) is 0 Å². The van der Waals surface area contributed by atoms with E-state index in [1.54, 1.807) is 0 Å². The number of aliphatic hydroxyl groups excluding tert-OH is 1. The van der Waals surface area contributed by atoms with Gasteiger partial charge in [0.15, 0.2) is 0 Å². The summed E-state index contributed by atoms with van der Waals surface area (Å²) in [7, 11) is 0. The van der Waals surface area contributed by atoms with Gasteiger partial charge in [-0.05, 0) is 0 Å². The van der Waals surface area contributed by atoms with Crippen molar-refractivity contribution in [1.29, 1.82) is 0 Å². The largest absolute Gasteiger partial charge is 0.394 e. The third kappa shape index (κ3) is 5.43. The normalized spacial score (nSPS) is 8.29. The number of hydrogen-bond acceptors (Lipinski definition) is 2. The molecule has 41 valence electrons. The summed E-state index contributed by atoms with van der Waals surface area (Å²) in [6, 6.07) is 0. The summed E-state index contributed by atoms with van der Waals surface area (Å²) in [4.78, 5) is 9.92. The lowest BCUT2D eigenvalue weighted by atomic mass is 10.6. The van der Waals surface area contributed by atoms with Crippen molar-refractivity contribution < 1.29 is 9.90 Å². The Morgan fingerprint density at radius 2 is 2.43 bits per heavy atom. The molecule has 0 atom stereocenters. The van der Waals surface area contributed by atoms with Gasteiger partial charge in [-0.2, -0.15) is 0 Å². The summed E-state index contributed by atoms with van der Waals surface area (Å²) in [6.45, 7) is 1.55. The zero-order valence-corrected chi connectivity index (χ0v) is 4.22. The van der Waals surface area contributed by atoms with E-state index in [1.165, 1.54) is 6.92 Å². The van der Waals surface area contributed by atoms with Crippen LogP contribution in [0.4, 0.5) is 0 Å². The van der Waals surface area contributed by atoms with E-state index in [0.717, 1.165) is 0 Å². The molecule has 0 fully saturated rings. The zero-order chi connectivity index (χ0) is 5.70. The number of aliphatic hydroxyl groups is 1. The van der Waals surface area contributed by atoms with Crippen LogP contribution in [-0.2, 0) is 4.79 Å². The fourth-order valence-electron chi connectivity index (χ4n) is 0.207. The van der Waals surface area contributed by atoms with Crippen LogP contribution >= 0.6 is 0 Å². The average molecular weight is 102 g/mol. The van der Waals surface area contributed by atoms with Gasteiger partial charge in [-0.1, -0.05) is 0 Å². The molecular weight excluding hydrogens is 94.0 g/mol. The van der Waals surface area contributed by atoms with Crippen LogP contribution in [-0.4, -0.2) is 24.2 Å². The van der Waals surface area contributed by atoms with Gasteiger partial charge in [0.05, 0.1) is 13.2 Å². The van der Waals surface area contributed by atoms with Gasteiger partial charge in [-0.3, -0.25) is 4.79 Å². The van der Waals surface area contributed by atoms with Crippen LogP contribution in [0.15, 0.2) is 0 Å². The second-order valence-corrected chi connectivity index (χ2v) is 1.12. The molecule has 3 nitrogen and oxygen atoms in total. The average Bonchev–Trinajstić information content (AvgIpc) is 1.61. The topological polar surface area (TPSA) is 51.4 Å². The number of carbonyl (C=O) groups is 1. The molecule has 1 radical (unpaired) electrons. The van der Waals surface area contributed by atoms with Crippen LogP contribution in [0, 0.1) is 0 Å². The van der Waals surface area contributed by atoms with Gasteiger partial charge >= 0.3 is 0 Å². The summed E-state index contributed by atoms with van der Waals surface area (Å²) in [5, 5.41) is 11.4. The van der Waals surface area contributed by atoms with Gasteiger partial charge in [0, 0.05) is 6.92 Å². The molecule has 3 heteroatoms. The van der Waals surface area contributed by atoms with Gasteiger partial charge in [0.1, 0.15) is 0 Å². The first kappa shape index (κ1) is 6.43. The highest BCUT2D eigenvalue weighted by Crippen LogP contribution is 1.60. The Morgan fingerprint density at radius 3 is 2.57 bits per heavy atom. The van der Waals surface area contributed by atoms with Gasteiger partial charge in [-0.25, -0.2) is 5.32 Å². The van der Waals surface area contributed by atoms with E-state index in [9.17, 15) is 4.79 Å². The van der Waals surface area contributed by atoms with E-state index in [0.29, 0.717) is 0 Å². The van der Waals surface area contributed by atoms with Crippen molar-refractivity contribution in [3.8, 4) is 0 Å². The lowest BCUT2D eigenvalue weighted by Crippen LogP contribution is -2.14. The maximum Gasteiger partial charge on any atom is 0.238 e. The predicted octanol–water partition coefficient (Wildman–Crippen LogP) is -0.870. The second kappa shape index (κ2) is 3.61. The molecule has 0 bridgehead atoms. The summed E-state index contributed by atoms with van der Waals surface area (Å²) in [5.41, 5.74) is 0. The number of hydrogen-bond donors (Lipinski definition) is 1. The van der Waals surface area contributed by atoms with Crippen LogP contribution in [0.2, 0.25) is 0 Å². The Hall–Kier alpha value is -0.570. The van der Waals surface area contributed by atoms with Crippen molar-refractivity contribution >= 4 is 5.91 Å². The van der Waals surface area contributed by atoms with Crippen LogP contribution in [0.5, 0.6) is 0 Å². The monoisotopic (exact) mass is 102 g/mol. The highest BCUT2D eigenvalue weighted by molar-refractivity contribution is 5.72. The Labute approximate surface area is 42.3 Å². The summed E-state index contributed by atoms with van der Waals surface area (Å²) in [5.74, 6) is -0.228. The number of nitrogens with zero attached hydrogens (tertiary/aromatic N) is 1. The number of rotatable bonds is 2. The summed E-state index contributed by atoms with van der Waals surface area (Å²) >= 11 is 0. The molecule has 0 saturated heterocycles. The smallest absolute Gasteiger partial charge is 0.238 e. The van der Waals surface area contributed by atoms with E-state index in [1.807, 2.05) is 0 Å². The number of carbonyl (C=O) groups excluding carboxylic acids is 1. The molecule has 1 amide bonds. The quantitative estimate of drug-likeness (QED) is 0.492. The molecule has 7 heavy (non-hydrogen) atoms. The maximum atomic E-state index is 9.92. The predicted molar refractivity (Wildman–Crippen MR) is 24.8 cm³/mol. The molecule has 0 aromatic rings. The Morgan fingerprint density at radius 1 is 1.86 bits per heavy atom. The molecule has 0 rings (SSSR count). The first-order valence-electron chi connectivity index (χ1n) is 2.06. The highest BCUT2D eigenvalue weighted by Gasteiger charge is 1.87. The molecule has 0 saturated carbocycles. The fraction of sp³-hybridized carbons (Fsp3) is 0.750. The molecular formula is C4H8NO2. The van der Waals surface area contributed by atoms with Crippen LogP contribution < -0.4 is 5.32 Å². The van der Waals surface area contributed by atoms with E-state index in [2.05, 4.69) is 5.32 Å². The summed E-state index contributed by atoms with van der Waals surface area (Å²) in [6.07, 6.45) is 0. The van der Waals surface area contributed by atoms with Gasteiger partial charge < -0.3 is 5.11 Å². The molecule has 0 unspecified atom stereocenters. The Kier molecular flexibility index (Phi) is 3.32. The van der Waals surface area contributed by atoms with Crippen molar-refractivity contribution in [2.75, 3.05) is 13.2 Å². The van der Waals surface area contributed by atoms with E-state index in [4.69, 9.17) is 5.11 Å². The molecule has 0 aromatic heterocycles. The van der Waals surface area contributed by atoms with E-state index >= 15 is 0 Å². The van der Waals surface area contributed by atoms with Gasteiger partial charge in [0.2, 0.25) is 5.91 Å². The van der Waals surface area contributed by atoms with Gasteiger partial charge in [0.25, 0.3) is 0 Å². The minimum absolute atomic E-state index is 0.0421. The second-order valence-electron chi connectivity index (χ2n) is 1.12. The standard InChI is InChI=1S/C4H8NO2/c1-4(7)5-2-3-6/h6H,2-3H2,1H3. The van der Waals surface area contributed by atoms with Gasteiger partial charge in [-0.15, -0.1) is 0 Å². The molecule has 0 aliphatic carbocycles. The molecule has 0 aliphatic heterocycles. The lowest BCUT2D eigenvalue weighted by Gasteiger charge is -1.88. The third-order valence-electron chi connectivity index (χ3n) is 0.434. The van der Waals surface area contributed by atoms with E-state index in [-0.39, 0.29) is 19.1 Å². The maximum absolute atomic E-state index is 9.92. The molecule has 0 aromatic carbocycles. The van der Waals surface area contributed by atoms with Crippen LogP contribution in [0.25, 0.3) is 0 Å². The minimum atomic E-state index is -0.228. The minimum Gasteiger partial charge on any atom is -0.394 e. The van der Waals surface area contributed by atoms with E-state index < -0.39 is 0 Å².